The van der Waals surface area contributed by atoms with Crippen LogP contribution in [0.5, 0.6) is 0 Å². The molecule has 0 bridgehead atoms. The molecule has 1 aromatic heterocycles. The Hall–Kier alpha value is -1.56. The molecule has 6 nitrogen and oxygen atoms in total. The normalized spacial score (nSPS) is 23.6. The molecule has 0 spiro atoms. The van der Waals surface area contributed by atoms with Gasteiger partial charge in [-0.25, -0.2) is 4.98 Å². The van der Waals surface area contributed by atoms with Crippen LogP contribution in [0.25, 0.3) is 0 Å². The van der Waals surface area contributed by atoms with E-state index in [9.17, 15) is 4.79 Å². The smallest absolute Gasteiger partial charge is 0.223 e. The van der Waals surface area contributed by atoms with Gasteiger partial charge in [0.05, 0.1) is 0 Å². The number of nitrogen functional groups attached to an aromatic ring is 1. The van der Waals surface area contributed by atoms with E-state index in [0.717, 1.165) is 25.7 Å². The van der Waals surface area contributed by atoms with Crippen LogP contribution in [-0.4, -0.2) is 21.9 Å². The van der Waals surface area contributed by atoms with Crippen molar-refractivity contribution < 1.29 is 4.79 Å². The van der Waals surface area contributed by atoms with Crippen LogP contribution in [0.4, 0.5) is 11.8 Å². The van der Waals surface area contributed by atoms with Crippen LogP contribution in [0.1, 0.15) is 25.7 Å². The Morgan fingerprint density at radius 2 is 2.00 bits per heavy atom. The van der Waals surface area contributed by atoms with Crippen LogP contribution >= 0.6 is 11.6 Å². The number of carbonyl (C=O) groups excluding carboxylic acids is 1. The molecule has 1 aromatic rings. The standard InChI is InChI=1S/C11H16ClN5O/c12-8-5-9(17-11(14)16-8)15-7-3-1-6(2-4-7)10(13)18/h5-7H,1-4H2,(H2,13,18)(H3,14,15,16,17). The van der Waals surface area contributed by atoms with Crippen LogP contribution in [0.2, 0.25) is 5.15 Å². The zero-order chi connectivity index (χ0) is 13.1. The molecule has 1 amide bonds. The van der Waals surface area contributed by atoms with Crippen molar-refractivity contribution in [3.8, 4) is 0 Å². The van der Waals surface area contributed by atoms with E-state index in [1.165, 1.54) is 0 Å². The summed E-state index contributed by atoms with van der Waals surface area (Å²) in [6.07, 6.45) is 3.38. The van der Waals surface area contributed by atoms with Crippen molar-refractivity contribution in [2.24, 2.45) is 11.7 Å². The van der Waals surface area contributed by atoms with Crippen LogP contribution in [0, 0.1) is 5.92 Å². The van der Waals surface area contributed by atoms with Gasteiger partial charge in [-0.15, -0.1) is 0 Å². The fourth-order valence-corrected chi connectivity index (χ4v) is 2.43. The molecule has 0 saturated heterocycles. The summed E-state index contributed by atoms with van der Waals surface area (Å²) in [5.74, 6) is 0.565. The molecule has 98 valence electrons. The monoisotopic (exact) mass is 269 g/mol. The van der Waals surface area contributed by atoms with Gasteiger partial charge >= 0.3 is 0 Å². The van der Waals surface area contributed by atoms with Crippen LogP contribution < -0.4 is 16.8 Å². The number of hydrogen-bond donors (Lipinski definition) is 3. The van der Waals surface area contributed by atoms with E-state index in [-0.39, 0.29) is 23.8 Å². The maximum atomic E-state index is 11.1. The zero-order valence-corrected chi connectivity index (χ0v) is 10.7. The lowest BCUT2D eigenvalue weighted by Crippen LogP contribution is -2.32. The van der Waals surface area contributed by atoms with Gasteiger partial charge in [-0.3, -0.25) is 4.79 Å². The molecule has 2 rings (SSSR count). The number of halogens is 1. The predicted molar refractivity (Wildman–Crippen MR) is 70.0 cm³/mol. The minimum absolute atomic E-state index is 0.00195. The third kappa shape index (κ3) is 3.22. The first-order chi connectivity index (χ1) is 8.54. The molecule has 0 aromatic carbocycles. The summed E-state index contributed by atoms with van der Waals surface area (Å²) < 4.78 is 0. The van der Waals surface area contributed by atoms with Crippen molar-refractivity contribution >= 4 is 29.3 Å². The molecule has 5 N–H and O–H groups in total. The number of primary amides is 1. The second-order valence-corrected chi connectivity index (χ2v) is 4.92. The maximum Gasteiger partial charge on any atom is 0.223 e. The average Bonchev–Trinajstić information content (AvgIpc) is 2.28. The molecule has 18 heavy (non-hydrogen) atoms. The molecule has 1 heterocycles. The Kier molecular flexibility index (Phi) is 3.86. The number of nitrogens with zero attached hydrogens (tertiary/aromatic N) is 2. The lowest BCUT2D eigenvalue weighted by Gasteiger charge is -2.27. The average molecular weight is 270 g/mol. The van der Waals surface area contributed by atoms with Gasteiger partial charge in [0.1, 0.15) is 11.0 Å². The maximum absolute atomic E-state index is 11.1. The third-order valence-electron chi connectivity index (χ3n) is 3.19. The predicted octanol–water partition coefficient (Wildman–Crippen LogP) is 1.17. The first-order valence-corrected chi connectivity index (χ1v) is 6.28. The van der Waals surface area contributed by atoms with Crippen molar-refractivity contribution in [3.05, 3.63) is 11.2 Å². The summed E-state index contributed by atoms with van der Waals surface area (Å²) in [6, 6.07) is 1.91. The van der Waals surface area contributed by atoms with Crippen molar-refractivity contribution in [1.82, 2.24) is 9.97 Å². The Morgan fingerprint density at radius 3 is 2.56 bits per heavy atom. The van der Waals surface area contributed by atoms with E-state index in [1.807, 2.05) is 0 Å². The first kappa shape index (κ1) is 12.9. The number of aromatic nitrogens is 2. The molecule has 1 fully saturated rings. The van der Waals surface area contributed by atoms with Gasteiger partial charge < -0.3 is 16.8 Å². The Labute approximate surface area is 110 Å². The van der Waals surface area contributed by atoms with Crippen molar-refractivity contribution in [3.63, 3.8) is 0 Å². The Bertz CT molecular complexity index is 425. The molecule has 0 radical (unpaired) electrons. The number of amides is 1. The Balaban J connectivity index is 1.93. The van der Waals surface area contributed by atoms with Gasteiger partial charge in [-0.1, -0.05) is 11.6 Å². The SMILES string of the molecule is NC(=O)C1CCC(Nc2cc(Cl)nc(N)n2)CC1. The molecule has 1 aliphatic rings. The summed E-state index contributed by atoms with van der Waals surface area (Å²) in [4.78, 5) is 18.9. The summed E-state index contributed by atoms with van der Waals surface area (Å²) >= 11 is 5.80. The molecular formula is C11H16ClN5O. The van der Waals surface area contributed by atoms with Gasteiger partial charge in [0.15, 0.2) is 0 Å². The largest absolute Gasteiger partial charge is 0.369 e. The summed E-state index contributed by atoms with van der Waals surface area (Å²) in [6.45, 7) is 0. The summed E-state index contributed by atoms with van der Waals surface area (Å²) in [7, 11) is 0. The quantitative estimate of drug-likeness (QED) is 0.714. The minimum atomic E-state index is -0.206. The third-order valence-corrected chi connectivity index (χ3v) is 3.39. The zero-order valence-electron chi connectivity index (χ0n) is 9.90. The molecule has 7 heteroatoms. The van der Waals surface area contributed by atoms with E-state index in [1.54, 1.807) is 6.07 Å². The minimum Gasteiger partial charge on any atom is -0.369 e. The van der Waals surface area contributed by atoms with Crippen LogP contribution in [-0.2, 0) is 4.79 Å². The lowest BCUT2D eigenvalue weighted by atomic mass is 9.85. The Morgan fingerprint density at radius 1 is 1.33 bits per heavy atom. The fraction of sp³-hybridized carbons (Fsp3) is 0.545. The number of carbonyl (C=O) groups is 1. The van der Waals surface area contributed by atoms with Gasteiger partial charge in [0.2, 0.25) is 11.9 Å². The van der Waals surface area contributed by atoms with Gasteiger partial charge in [0.25, 0.3) is 0 Å². The van der Waals surface area contributed by atoms with E-state index < -0.39 is 0 Å². The van der Waals surface area contributed by atoms with E-state index in [0.29, 0.717) is 11.0 Å². The van der Waals surface area contributed by atoms with E-state index >= 15 is 0 Å². The van der Waals surface area contributed by atoms with Gasteiger partial charge in [-0.2, -0.15) is 4.98 Å². The highest BCUT2D eigenvalue weighted by Crippen LogP contribution is 2.26. The van der Waals surface area contributed by atoms with Crippen LogP contribution in [0.3, 0.4) is 0 Å². The number of hydrogen-bond acceptors (Lipinski definition) is 5. The first-order valence-electron chi connectivity index (χ1n) is 5.90. The number of nitrogens with one attached hydrogen (secondary N) is 1. The van der Waals surface area contributed by atoms with Crippen molar-refractivity contribution in [2.75, 3.05) is 11.1 Å². The number of anilines is 2. The fourth-order valence-electron chi connectivity index (χ4n) is 2.24. The molecular weight excluding hydrogens is 254 g/mol. The highest BCUT2D eigenvalue weighted by Gasteiger charge is 2.24. The van der Waals surface area contributed by atoms with Gasteiger partial charge in [-0.05, 0) is 25.7 Å². The van der Waals surface area contributed by atoms with Crippen LogP contribution in [0.15, 0.2) is 6.07 Å². The second kappa shape index (κ2) is 5.39. The molecule has 0 aliphatic heterocycles. The summed E-state index contributed by atoms with van der Waals surface area (Å²) in [5, 5.41) is 3.57. The summed E-state index contributed by atoms with van der Waals surface area (Å²) in [5.41, 5.74) is 10.8. The molecule has 1 aliphatic carbocycles. The van der Waals surface area contributed by atoms with E-state index in [2.05, 4.69) is 15.3 Å². The highest BCUT2D eigenvalue weighted by atomic mass is 35.5. The highest BCUT2D eigenvalue weighted by molar-refractivity contribution is 6.29. The second-order valence-electron chi connectivity index (χ2n) is 4.53. The van der Waals surface area contributed by atoms with E-state index in [4.69, 9.17) is 23.1 Å². The molecule has 1 saturated carbocycles. The molecule has 0 unspecified atom stereocenters. The number of rotatable bonds is 3. The van der Waals surface area contributed by atoms with Crippen molar-refractivity contribution in [2.45, 2.75) is 31.7 Å². The number of nitrogens with two attached hydrogens (primary N) is 2. The molecule has 0 atom stereocenters. The lowest BCUT2D eigenvalue weighted by molar-refractivity contribution is -0.122. The van der Waals surface area contributed by atoms with Crippen molar-refractivity contribution in [1.29, 1.82) is 0 Å². The topological polar surface area (TPSA) is 107 Å². The van der Waals surface area contributed by atoms with Gasteiger partial charge in [0, 0.05) is 18.0 Å².